The summed E-state index contributed by atoms with van der Waals surface area (Å²) in [7, 11) is 0. The molecule has 3 fully saturated rings. The van der Waals surface area contributed by atoms with Gasteiger partial charge in [0.2, 0.25) is 0 Å². The molecular weight excluding hydrogens is 356 g/mol. The second-order valence-corrected chi connectivity index (χ2v) is 11.5. The van der Waals surface area contributed by atoms with Crippen LogP contribution < -0.4 is 0 Å². The standard InChI is InChI=1S/C27H42O2/c1-5-17-13-20-15-21(28)7-10-26(20,3)22-8-11-27(4)23(24(17)22)14-18(6-2)25(27)19-9-12-29-16-19/h13,17,19,21-24,28H,5-12,14-16H2,1-4H3/t17-,19?,21-,22-,23-,24+,26-,27-/m0/s1. The van der Waals surface area contributed by atoms with Crippen molar-refractivity contribution in [2.75, 3.05) is 13.2 Å². The number of rotatable bonds is 3. The summed E-state index contributed by atoms with van der Waals surface area (Å²) in [5.74, 6) is 3.85. The van der Waals surface area contributed by atoms with E-state index in [-0.39, 0.29) is 6.10 Å². The van der Waals surface area contributed by atoms with Gasteiger partial charge in [0.1, 0.15) is 0 Å². The Balaban J connectivity index is 1.54. The van der Waals surface area contributed by atoms with E-state index in [9.17, 15) is 5.11 Å². The number of fused-ring (bicyclic) bond motifs is 5. The van der Waals surface area contributed by atoms with Crippen molar-refractivity contribution in [3.8, 4) is 0 Å². The maximum absolute atomic E-state index is 10.4. The molecule has 1 heterocycles. The van der Waals surface area contributed by atoms with Crippen molar-refractivity contribution >= 4 is 0 Å². The van der Waals surface area contributed by atoms with Crippen LogP contribution in [0, 0.1) is 40.4 Å². The Morgan fingerprint density at radius 1 is 1.03 bits per heavy atom. The molecule has 2 heteroatoms. The summed E-state index contributed by atoms with van der Waals surface area (Å²) in [6.07, 6.45) is 13.5. The lowest BCUT2D eigenvalue weighted by molar-refractivity contribution is -0.0540. The van der Waals surface area contributed by atoms with E-state index >= 15 is 0 Å². The molecule has 2 saturated carbocycles. The van der Waals surface area contributed by atoms with E-state index in [1.54, 1.807) is 11.1 Å². The Hall–Kier alpha value is -0.600. The molecule has 162 valence electrons. The number of ether oxygens (including phenoxy) is 1. The second kappa shape index (κ2) is 7.23. The molecule has 0 radical (unpaired) electrons. The summed E-state index contributed by atoms with van der Waals surface area (Å²) in [6, 6.07) is 0. The van der Waals surface area contributed by atoms with Gasteiger partial charge in [0.25, 0.3) is 0 Å². The van der Waals surface area contributed by atoms with Gasteiger partial charge in [0, 0.05) is 12.5 Å². The monoisotopic (exact) mass is 398 g/mol. The Labute approximate surface area is 178 Å². The highest BCUT2D eigenvalue weighted by atomic mass is 16.5. The van der Waals surface area contributed by atoms with Gasteiger partial charge in [0.15, 0.2) is 0 Å². The zero-order valence-electron chi connectivity index (χ0n) is 19.2. The number of aliphatic hydroxyl groups excluding tert-OH is 1. The molecule has 5 aliphatic rings. The summed E-state index contributed by atoms with van der Waals surface area (Å²) in [6.45, 7) is 11.9. The van der Waals surface area contributed by atoms with Gasteiger partial charge in [-0.05, 0) is 92.3 Å². The van der Waals surface area contributed by atoms with Crippen LogP contribution in [0.15, 0.2) is 22.8 Å². The topological polar surface area (TPSA) is 29.5 Å². The van der Waals surface area contributed by atoms with Crippen LogP contribution in [0.4, 0.5) is 0 Å². The lowest BCUT2D eigenvalue weighted by Crippen LogP contribution is -2.53. The molecule has 0 amide bonds. The highest BCUT2D eigenvalue weighted by molar-refractivity contribution is 5.36. The van der Waals surface area contributed by atoms with Gasteiger partial charge in [-0.3, -0.25) is 0 Å². The summed E-state index contributed by atoms with van der Waals surface area (Å²) in [4.78, 5) is 0. The first-order valence-electron chi connectivity index (χ1n) is 12.6. The Bertz CT molecular complexity index is 714. The Morgan fingerprint density at radius 3 is 2.52 bits per heavy atom. The fourth-order valence-corrected chi connectivity index (χ4v) is 8.86. The van der Waals surface area contributed by atoms with E-state index in [1.807, 2.05) is 5.57 Å². The van der Waals surface area contributed by atoms with Gasteiger partial charge < -0.3 is 9.84 Å². The summed E-state index contributed by atoms with van der Waals surface area (Å²) >= 11 is 0. The van der Waals surface area contributed by atoms with E-state index in [2.05, 4.69) is 33.8 Å². The predicted molar refractivity (Wildman–Crippen MR) is 118 cm³/mol. The highest BCUT2D eigenvalue weighted by Gasteiger charge is 2.60. The van der Waals surface area contributed by atoms with Crippen LogP contribution in [0.25, 0.3) is 0 Å². The fraction of sp³-hybridized carbons (Fsp3) is 0.852. The summed E-state index contributed by atoms with van der Waals surface area (Å²) < 4.78 is 5.87. The smallest absolute Gasteiger partial charge is 0.0577 e. The first-order valence-corrected chi connectivity index (χ1v) is 12.6. The maximum atomic E-state index is 10.4. The van der Waals surface area contributed by atoms with Crippen LogP contribution in [-0.4, -0.2) is 24.4 Å². The van der Waals surface area contributed by atoms with Gasteiger partial charge in [-0.15, -0.1) is 0 Å². The van der Waals surface area contributed by atoms with Crippen LogP contribution in [0.2, 0.25) is 0 Å². The van der Waals surface area contributed by atoms with Crippen LogP contribution in [0.5, 0.6) is 0 Å². The fourth-order valence-electron chi connectivity index (χ4n) is 8.86. The first-order chi connectivity index (χ1) is 13.9. The molecule has 0 spiro atoms. The molecule has 1 aliphatic heterocycles. The third-order valence-corrected chi connectivity index (χ3v) is 10.3. The van der Waals surface area contributed by atoms with Crippen molar-refractivity contribution in [1.82, 2.24) is 0 Å². The number of aliphatic hydroxyl groups is 1. The van der Waals surface area contributed by atoms with Crippen molar-refractivity contribution in [2.45, 2.75) is 91.6 Å². The van der Waals surface area contributed by atoms with E-state index < -0.39 is 0 Å². The minimum Gasteiger partial charge on any atom is -0.393 e. The van der Waals surface area contributed by atoms with Crippen LogP contribution in [0.1, 0.15) is 85.5 Å². The van der Waals surface area contributed by atoms with Crippen LogP contribution >= 0.6 is 0 Å². The number of hydrogen-bond donors (Lipinski definition) is 1. The first kappa shape index (κ1) is 20.3. The average molecular weight is 399 g/mol. The third kappa shape index (κ3) is 2.88. The molecule has 0 aromatic heterocycles. The highest BCUT2D eigenvalue weighted by Crippen LogP contribution is 2.68. The van der Waals surface area contributed by atoms with E-state index in [0.29, 0.717) is 22.7 Å². The third-order valence-electron chi connectivity index (χ3n) is 10.3. The molecular formula is C27H42O2. The van der Waals surface area contributed by atoms with Crippen molar-refractivity contribution < 1.29 is 9.84 Å². The lowest BCUT2D eigenvalue weighted by Gasteiger charge is -2.60. The van der Waals surface area contributed by atoms with Gasteiger partial charge in [-0.2, -0.15) is 0 Å². The molecule has 29 heavy (non-hydrogen) atoms. The quantitative estimate of drug-likeness (QED) is 0.565. The molecule has 0 bridgehead atoms. The molecule has 8 atom stereocenters. The molecule has 1 N–H and O–H groups in total. The maximum Gasteiger partial charge on any atom is 0.0577 e. The number of allylic oxidation sites excluding steroid dienone is 2. The van der Waals surface area contributed by atoms with Gasteiger partial charge >= 0.3 is 0 Å². The van der Waals surface area contributed by atoms with Crippen molar-refractivity contribution in [3.63, 3.8) is 0 Å². The normalized spacial score (nSPS) is 49.5. The van der Waals surface area contributed by atoms with Gasteiger partial charge in [-0.25, -0.2) is 0 Å². The van der Waals surface area contributed by atoms with Crippen molar-refractivity contribution in [2.24, 2.45) is 40.4 Å². The van der Waals surface area contributed by atoms with Gasteiger partial charge in [0.05, 0.1) is 12.7 Å². The minimum absolute atomic E-state index is 0.106. The average Bonchev–Trinajstić information content (AvgIpc) is 3.32. The predicted octanol–water partition coefficient (Wildman–Crippen LogP) is 6.30. The zero-order valence-corrected chi connectivity index (χ0v) is 19.2. The lowest BCUT2D eigenvalue weighted by atomic mass is 9.45. The van der Waals surface area contributed by atoms with Crippen LogP contribution in [-0.2, 0) is 4.74 Å². The molecule has 5 rings (SSSR count). The molecule has 1 saturated heterocycles. The molecule has 4 aliphatic carbocycles. The van der Waals surface area contributed by atoms with Crippen molar-refractivity contribution in [1.29, 1.82) is 0 Å². The summed E-state index contributed by atoms with van der Waals surface area (Å²) in [5, 5.41) is 10.4. The second-order valence-electron chi connectivity index (χ2n) is 11.5. The largest absolute Gasteiger partial charge is 0.393 e. The van der Waals surface area contributed by atoms with Crippen LogP contribution in [0.3, 0.4) is 0 Å². The zero-order chi connectivity index (χ0) is 20.4. The van der Waals surface area contributed by atoms with Gasteiger partial charge in [-0.1, -0.05) is 50.5 Å². The Morgan fingerprint density at radius 2 is 1.83 bits per heavy atom. The molecule has 1 unspecified atom stereocenters. The molecule has 2 nitrogen and oxygen atoms in total. The summed E-state index contributed by atoms with van der Waals surface area (Å²) in [5.41, 5.74) is 5.98. The molecule has 0 aromatic carbocycles. The number of hydrogen-bond acceptors (Lipinski definition) is 2. The van der Waals surface area contributed by atoms with E-state index in [1.165, 1.54) is 44.9 Å². The van der Waals surface area contributed by atoms with Crippen molar-refractivity contribution in [3.05, 3.63) is 22.8 Å². The Kier molecular flexibility index (Phi) is 5.06. The minimum atomic E-state index is -0.106. The SMILES string of the molecule is CCC1=C(C2CCOC2)[C@@]2(C)CC[C@H]3[C@@H]([C@@H](CC)C=C4C[C@@H](O)CC[C@@]43C)[C@@H]2C1. The van der Waals surface area contributed by atoms with E-state index in [4.69, 9.17) is 4.74 Å². The molecule has 0 aromatic rings. The van der Waals surface area contributed by atoms with E-state index in [0.717, 1.165) is 43.8 Å².